The van der Waals surface area contributed by atoms with Crippen molar-refractivity contribution >= 4 is 13.7 Å². The number of unbranched alkanes of at least 4 members (excludes halogenated alkanes) is 9. The number of phosphoric ester groups is 1. The van der Waals surface area contributed by atoms with Crippen LogP contribution in [0.25, 0.3) is 0 Å². The quantitative estimate of drug-likeness (QED) is 0.0294. The second kappa shape index (κ2) is 37.2. The summed E-state index contributed by atoms with van der Waals surface area (Å²) < 4.78 is 22.0. The number of hydrogen-bond acceptors (Lipinski definition) is 6. The van der Waals surface area contributed by atoms with Crippen LogP contribution in [0.3, 0.4) is 0 Å². The van der Waals surface area contributed by atoms with E-state index in [1.54, 1.807) is 6.08 Å². The van der Waals surface area contributed by atoms with Gasteiger partial charge >= 0.3 is 7.82 Å². The van der Waals surface area contributed by atoms with E-state index in [-0.39, 0.29) is 25.7 Å². The fourth-order valence-electron chi connectivity index (χ4n) is 4.84. The summed E-state index contributed by atoms with van der Waals surface area (Å²) in [4.78, 5) is 22.6. The van der Waals surface area contributed by atoms with Crippen LogP contribution in [0.2, 0.25) is 0 Å². The molecule has 0 bridgehead atoms. The molecule has 0 spiro atoms. The van der Waals surface area contributed by atoms with E-state index in [2.05, 4.69) is 91.2 Å². The van der Waals surface area contributed by atoms with Crippen molar-refractivity contribution in [2.45, 2.75) is 142 Å². The van der Waals surface area contributed by atoms with Crippen molar-refractivity contribution in [3.63, 3.8) is 0 Å². The minimum atomic E-state index is -4.35. The van der Waals surface area contributed by atoms with E-state index in [1.807, 2.05) is 19.1 Å². The standard InChI is InChI=1S/C42H71N2O6P/c1-3-5-7-9-11-13-14-15-16-17-18-19-20-21-22-23-24-25-26-28-30-32-34-36-42(46)44-40(39-50-51(47,48)49-38-37-43)41(45)35-33-31-29-27-12-10-8-6-4-2/h4-7,11-13,15-16,18-19,21-22,27,33,35,40-41,45H,3,8-10,14,17,20,23-26,28-32,34,36-39,43H2,1-2H3,(H,44,46)(H,47,48)/b6-4+,7-5-,13-11-,16-15-,19-18-,22-21-,27-12+,35-33+. The zero-order chi connectivity index (χ0) is 37.5. The van der Waals surface area contributed by atoms with Crippen molar-refractivity contribution in [1.29, 1.82) is 0 Å². The predicted octanol–water partition coefficient (Wildman–Crippen LogP) is 10.4. The number of rotatable bonds is 34. The van der Waals surface area contributed by atoms with E-state index in [4.69, 9.17) is 14.8 Å². The Morgan fingerprint density at radius 2 is 1.18 bits per heavy atom. The van der Waals surface area contributed by atoms with Gasteiger partial charge in [0.25, 0.3) is 0 Å². The Hall–Kier alpha value is -2.58. The maximum absolute atomic E-state index is 12.7. The lowest BCUT2D eigenvalue weighted by Gasteiger charge is -2.23. The molecule has 0 aliphatic heterocycles. The summed E-state index contributed by atoms with van der Waals surface area (Å²) in [6.45, 7) is 3.71. The van der Waals surface area contributed by atoms with E-state index in [0.29, 0.717) is 6.42 Å². The van der Waals surface area contributed by atoms with Crippen molar-refractivity contribution in [2.24, 2.45) is 5.73 Å². The Kier molecular flexibility index (Phi) is 35.3. The van der Waals surface area contributed by atoms with Gasteiger partial charge in [0, 0.05) is 13.0 Å². The molecule has 0 rings (SSSR count). The second-order valence-corrected chi connectivity index (χ2v) is 13.8. The number of allylic oxidation sites excluding steroid dienone is 15. The first-order valence-corrected chi connectivity index (χ1v) is 20.8. The molecule has 0 saturated heterocycles. The topological polar surface area (TPSA) is 131 Å². The molecule has 0 radical (unpaired) electrons. The number of aliphatic hydroxyl groups is 1. The third-order valence-corrected chi connectivity index (χ3v) is 8.70. The van der Waals surface area contributed by atoms with Crippen molar-refractivity contribution in [3.8, 4) is 0 Å². The summed E-state index contributed by atoms with van der Waals surface area (Å²) in [7, 11) is -4.35. The molecule has 9 heteroatoms. The number of phosphoric acid groups is 1. The first-order valence-electron chi connectivity index (χ1n) is 19.3. The molecule has 3 unspecified atom stereocenters. The molecule has 0 aromatic carbocycles. The molecule has 0 heterocycles. The molecule has 0 aromatic rings. The van der Waals surface area contributed by atoms with Crippen LogP contribution in [-0.4, -0.2) is 47.8 Å². The van der Waals surface area contributed by atoms with Gasteiger partial charge in [-0.2, -0.15) is 0 Å². The summed E-state index contributed by atoms with van der Waals surface area (Å²) in [5.41, 5.74) is 5.34. The molecule has 8 nitrogen and oxygen atoms in total. The van der Waals surface area contributed by atoms with Gasteiger partial charge in [-0.3, -0.25) is 13.8 Å². The number of hydrogen-bond donors (Lipinski definition) is 4. The van der Waals surface area contributed by atoms with Crippen molar-refractivity contribution < 1.29 is 28.4 Å². The molecule has 290 valence electrons. The summed E-state index contributed by atoms with van der Waals surface area (Å²) >= 11 is 0. The summed E-state index contributed by atoms with van der Waals surface area (Å²) in [6, 6.07) is -0.893. The van der Waals surface area contributed by atoms with E-state index >= 15 is 0 Å². The highest BCUT2D eigenvalue weighted by atomic mass is 31.2. The first-order chi connectivity index (χ1) is 24.9. The molecule has 51 heavy (non-hydrogen) atoms. The molecular weight excluding hydrogens is 659 g/mol. The van der Waals surface area contributed by atoms with Crippen LogP contribution in [0, 0.1) is 0 Å². The van der Waals surface area contributed by atoms with Gasteiger partial charge in [0.05, 0.1) is 25.4 Å². The van der Waals surface area contributed by atoms with Crippen molar-refractivity contribution in [3.05, 3.63) is 97.2 Å². The molecule has 3 atom stereocenters. The Balaban J connectivity index is 4.22. The Labute approximate surface area is 311 Å². The molecular formula is C42H71N2O6P. The lowest BCUT2D eigenvalue weighted by molar-refractivity contribution is -0.123. The fraction of sp³-hybridized carbons (Fsp3) is 0.595. The largest absolute Gasteiger partial charge is 0.472 e. The van der Waals surface area contributed by atoms with Gasteiger partial charge in [-0.25, -0.2) is 4.57 Å². The average Bonchev–Trinajstić information content (AvgIpc) is 3.12. The third-order valence-electron chi connectivity index (χ3n) is 7.72. The Morgan fingerprint density at radius 3 is 1.75 bits per heavy atom. The zero-order valence-corrected chi connectivity index (χ0v) is 32.7. The molecule has 5 N–H and O–H groups in total. The summed E-state index contributed by atoms with van der Waals surface area (Å²) in [5, 5.41) is 13.5. The number of amides is 1. The number of aliphatic hydroxyl groups excluding tert-OH is 1. The molecule has 0 aromatic heterocycles. The maximum atomic E-state index is 12.7. The number of carbonyl (C=O) groups excluding carboxylic acids is 1. The monoisotopic (exact) mass is 731 g/mol. The third kappa shape index (κ3) is 35.6. The SMILES string of the molecule is C/C=C/CC/C=C/CC/C=C/C(O)C(COP(=O)(O)OCCN)NC(=O)CCCCCCCCC/C=C\C/C=C\C/C=C\C/C=C\C/C=C\CC. The first kappa shape index (κ1) is 48.4. The lowest BCUT2D eigenvalue weighted by atomic mass is 10.1. The van der Waals surface area contributed by atoms with Crippen LogP contribution in [-0.2, 0) is 18.4 Å². The molecule has 0 fully saturated rings. The summed E-state index contributed by atoms with van der Waals surface area (Å²) in [5.74, 6) is -0.229. The van der Waals surface area contributed by atoms with E-state index in [1.165, 1.54) is 19.3 Å². The van der Waals surface area contributed by atoms with Crippen LogP contribution < -0.4 is 11.1 Å². The highest BCUT2D eigenvalue weighted by Crippen LogP contribution is 2.43. The number of nitrogens with one attached hydrogen (secondary N) is 1. The smallest absolute Gasteiger partial charge is 0.387 e. The van der Waals surface area contributed by atoms with Gasteiger partial charge in [0.2, 0.25) is 5.91 Å². The minimum Gasteiger partial charge on any atom is -0.387 e. The normalized spacial score (nSPS) is 15.3. The van der Waals surface area contributed by atoms with Gasteiger partial charge in [0.1, 0.15) is 0 Å². The number of nitrogens with two attached hydrogens (primary N) is 1. The molecule has 0 aliphatic rings. The Morgan fingerprint density at radius 1 is 0.686 bits per heavy atom. The van der Waals surface area contributed by atoms with Gasteiger partial charge < -0.3 is 21.1 Å². The predicted molar refractivity (Wildman–Crippen MR) is 216 cm³/mol. The highest BCUT2D eigenvalue weighted by molar-refractivity contribution is 7.47. The van der Waals surface area contributed by atoms with Gasteiger partial charge in [-0.05, 0) is 84.0 Å². The van der Waals surface area contributed by atoms with Crippen molar-refractivity contribution in [1.82, 2.24) is 5.32 Å². The van der Waals surface area contributed by atoms with Gasteiger partial charge in [0.15, 0.2) is 0 Å². The van der Waals surface area contributed by atoms with Gasteiger partial charge in [-0.1, -0.05) is 136 Å². The lowest BCUT2D eigenvalue weighted by Crippen LogP contribution is -2.45. The van der Waals surface area contributed by atoms with Crippen LogP contribution in [0.15, 0.2) is 97.2 Å². The number of carbonyl (C=O) groups is 1. The second-order valence-electron chi connectivity index (χ2n) is 12.4. The van der Waals surface area contributed by atoms with Crippen LogP contribution in [0.5, 0.6) is 0 Å². The minimum absolute atomic E-state index is 0.0638. The summed E-state index contributed by atoms with van der Waals surface area (Å²) in [6.07, 6.45) is 50.5. The molecule has 0 saturated carbocycles. The zero-order valence-electron chi connectivity index (χ0n) is 31.8. The maximum Gasteiger partial charge on any atom is 0.472 e. The van der Waals surface area contributed by atoms with E-state index < -0.39 is 20.0 Å². The molecule has 1 amide bonds. The van der Waals surface area contributed by atoms with Crippen LogP contribution in [0.4, 0.5) is 0 Å². The Bertz CT molecular complexity index is 1110. The van der Waals surface area contributed by atoms with Gasteiger partial charge in [-0.15, -0.1) is 0 Å². The average molecular weight is 731 g/mol. The highest BCUT2D eigenvalue weighted by Gasteiger charge is 2.26. The van der Waals surface area contributed by atoms with E-state index in [9.17, 15) is 19.4 Å². The van der Waals surface area contributed by atoms with Crippen LogP contribution >= 0.6 is 7.82 Å². The fourth-order valence-corrected chi connectivity index (χ4v) is 5.60. The van der Waals surface area contributed by atoms with Crippen molar-refractivity contribution in [2.75, 3.05) is 19.8 Å². The molecule has 0 aliphatic carbocycles. The van der Waals surface area contributed by atoms with E-state index in [0.717, 1.165) is 89.9 Å². The van der Waals surface area contributed by atoms with Crippen LogP contribution in [0.1, 0.15) is 129 Å².